The van der Waals surface area contributed by atoms with Crippen LogP contribution in [0, 0.1) is 18.7 Å². The minimum Gasteiger partial charge on any atom is -0.352 e. The molecule has 1 saturated carbocycles. The van der Waals surface area contributed by atoms with Crippen LogP contribution in [-0.4, -0.2) is 52.3 Å². The summed E-state index contributed by atoms with van der Waals surface area (Å²) in [5.41, 5.74) is 2.07. The molecular formula is C28H30ClFN6O2. The molecule has 38 heavy (non-hydrogen) atoms. The third-order valence-electron chi connectivity index (χ3n) is 8.29. The maximum Gasteiger partial charge on any atom is 0.253 e. The summed E-state index contributed by atoms with van der Waals surface area (Å²) in [6.07, 6.45) is 6.81. The second-order valence-corrected chi connectivity index (χ2v) is 11.3. The molecule has 1 saturated heterocycles. The van der Waals surface area contributed by atoms with E-state index in [4.69, 9.17) is 11.6 Å². The summed E-state index contributed by atoms with van der Waals surface area (Å²) in [4.78, 5) is 34.7. The van der Waals surface area contributed by atoms with Crippen LogP contribution in [0.25, 0.3) is 0 Å². The first-order valence-corrected chi connectivity index (χ1v) is 13.4. The molecule has 2 fully saturated rings. The van der Waals surface area contributed by atoms with E-state index in [0.717, 1.165) is 37.1 Å². The number of carbonyl (C=O) groups excluding carboxylic acids is 2. The van der Waals surface area contributed by atoms with Crippen molar-refractivity contribution < 1.29 is 14.0 Å². The van der Waals surface area contributed by atoms with Crippen LogP contribution in [0.5, 0.6) is 0 Å². The molecule has 2 aromatic heterocycles. The van der Waals surface area contributed by atoms with Gasteiger partial charge in [-0.25, -0.2) is 4.39 Å². The largest absolute Gasteiger partial charge is 0.352 e. The van der Waals surface area contributed by atoms with Crippen LogP contribution in [-0.2, 0) is 17.3 Å². The number of nitrogens with one attached hydrogen (secondary N) is 1. The summed E-state index contributed by atoms with van der Waals surface area (Å²) >= 11 is 6.03. The van der Waals surface area contributed by atoms with Crippen LogP contribution in [0.2, 0.25) is 5.02 Å². The molecule has 0 radical (unpaired) electrons. The first-order valence-electron chi connectivity index (χ1n) is 13.0. The number of benzene rings is 1. The molecule has 0 unspecified atom stereocenters. The lowest BCUT2D eigenvalue weighted by atomic mass is 9.74. The molecule has 0 atom stereocenters. The minimum atomic E-state index is -0.658. The zero-order valence-corrected chi connectivity index (χ0v) is 22.2. The van der Waals surface area contributed by atoms with Gasteiger partial charge in [0.1, 0.15) is 11.2 Å². The Bertz CT molecular complexity index is 1410. The van der Waals surface area contributed by atoms with E-state index in [2.05, 4.69) is 20.3 Å². The van der Waals surface area contributed by atoms with E-state index < -0.39 is 5.41 Å². The molecule has 3 aromatic rings. The molecule has 10 heteroatoms. The summed E-state index contributed by atoms with van der Waals surface area (Å²) in [6.45, 7) is 3.42. The molecular weight excluding hydrogens is 507 g/mol. The molecule has 0 bridgehead atoms. The maximum absolute atomic E-state index is 14.3. The minimum absolute atomic E-state index is 0.0460. The van der Waals surface area contributed by atoms with Gasteiger partial charge in [-0.2, -0.15) is 5.10 Å². The van der Waals surface area contributed by atoms with Gasteiger partial charge < -0.3 is 15.1 Å². The van der Waals surface area contributed by atoms with Crippen molar-refractivity contribution in [3.63, 3.8) is 0 Å². The molecule has 3 aliphatic rings. The van der Waals surface area contributed by atoms with E-state index in [9.17, 15) is 14.0 Å². The molecule has 8 nitrogen and oxygen atoms in total. The molecule has 1 spiro atoms. The van der Waals surface area contributed by atoms with Crippen molar-refractivity contribution in [1.29, 1.82) is 0 Å². The van der Waals surface area contributed by atoms with E-state index in [1.807, 2.05) is 19.3 Å². The lowest BCUT2D eigenvalue weighted by Crippen LogP contribution is -2.64. The van der Waals surface area contributed by atoms with Gasteiger partial charge in [-0.15, -0.1) is 0 Å². The Hall–Kier alpha value is -3.46. The van der Waals surface area contributed by atoms with E-state index >= 15 is 0 Å². The zero-order valence-electron chi connectivity index (χ0n) is 21.5. The number of fused-ring (bicyclic) bond motifs is 2. The maximum atomic E-state index is 14.3. The van der Waals surface area contributed by atoms with Crippen molar-refractivity contribution in [1.82, 2.24) is 20.1 Å². The van der Waals surface area contributed by atoms with Crippen LogP contribution < -0.4 is 15.1 Å². The number of rotatable bonds is 5. The first kappa shape index (κ1) is 24.9. The number of hydrogen-bond donors (Lipinski definition) is 1. The quantitative estimate of drug-likeness (QED) is 0.533. The summed E-state index contributed by atoms with van der Waals surface area (Å²) in [6, 6.07) is 8.37. The number of hydrogen-bond acceptors (Lipinski definition) is 5. The Morgan fingerprint density at radius 3 is 2.66 bits per heavy atom. The predicted octanol–water partition coefficient (Wildman–Crippen LogP) is 4.01. The number of aryl methyl sites for hydroxylation is 2. The highest BCUT2D eigenvalue weighted by molar-refractivity contribution is 6.30. The SMILES string of the molecule is Cc1ncc(Cl)cc1C(=O)NC1CCC(CN2C(=O)C3(CN(c4ccn(C)n4)C3)c3ccc(F)cc32)CC1. The monoisotopic (exact) mass is 536 g/mol. The lowest BCUT2D eigenvalue weighted by Gasteiger charge is -2.47. The summed E-state index contributed by atoms with van der Waals surface area (Å²) in [5, 5.41) is 8.02. The molecule has 1 aliphatic carbocycles. The van der Waals surface area contributed by atoms with Crippen molar-refractivity contribution in [3.05, 3.63) is 70.4 Å². The fourth-order valence-electron chi connectivity index (χ4n) is 6.19. The first-order chi connectivity index (χ1) is 18.2. The normalized spacial score (nSPS) is 21.9. The number of carbonyl (C=O) groups is 2. The summed E-state index contributed by atoms with van der Waals surface area (Å²) in [7, 11) is 1.87. The predicted molar refractivity (Wildman–Crippen MR) is 143 cm³/mol. The Kier molecular flexibility index (Phi) is 6.13. The highest BCUT2D eigenvalue weighted by Gasteiger charge is 2.58. The van der Waals surface area contributed by atoms with Gasteiger partial charge in [0, 0.05) is 51.2 Å². The average molecular weight is 537 g/mol. The van der Waals surface area contributed by atoms with E-state index in [1.165, 1.54) is 18.3 Å². The van der Waals surface area contributed by atoms with Crippen molar-refractivity contribution in [3.8, 4) is 0 Å². The Labute approximate surface area is 225 Å². The smallest absolute Gasteiger partial charge is 0.253 e. The van der Waals surface area contributed by atoms with Crippen molar-refractivity contribution >= 4 is 34.9 Å². The van der Waals surface area contributed by atoms with Crippen LogP contribution in [0.15, 0.2) is 42.7 Å². The van der Waals surface area contributed by atoms with Crippen LogP contribution in [0.3, 0.4) is 0 Å². The molecule has 1 aromatic carbocycles. The van der Waals surface area contributed by atoms with Gasteiger partial charge in [0.25, 0.3) is 5.91 Å². The van der Waals surface area contributed by atoms with Gasteiger partial charge in [-0.1, -0.05) is 17.7 Å². The molecule has 4 heterocycles. The van der Waals surface area contributed by atoms with Gasteiger partial charge in [0.15, 0.2) is 5.82 Å². The van der Waals surface area contributed by atoms with E-state index in [1.54, 1.807) is 28.6 Å². The van der Waals surface area contributed by atoms with Crippen LogP contribution in [0.4, 0.5) is 15.9 Å². The summed E-state index contributed by atoms with van der Waals surface area (Å²) < 4.78 is 16.1. The topological polar surface area (TPSA) is 83.4 Å². The molecule has 198 valence electrons. The van der Waals surface area contributed by atoms with Gasteiger partial charge in [-0.05, 0) is 62.3 Å². The fourth-order valence-corrected chi connectivity index (χ4v) is 6.35. The lowest BCUT2D eigenvalue weighted by molar-refractivity contribution is -0.124. The van der Waals surface area contributed by atoms with Crippen LogP contribution >= 0.6 is 11.6 Å². The average Bonchev–Trinajstić information content (AvgIpc) is 3.39. The Morgan fingerprint density at radius 2 is 1.95 bits per heavy atom. The number of halogens is 2. The highest BCUT2D eigenvalue weighted by Crippen LogP contribution is 2.49. The van der Waals surface area contributed by atoms with E-state index in [-0.39, 0.29) is 29.6 Å². The molecule has 2 amide bonds. The number of aromatic nitrogens is 3. The molecule has 2 aliphatic heterocycles. The fraction of sp³-hybridized carbons (Fsp3) is 0.429. The van der Waals surface area contributed by atoms with Gasteiger partial charge in [0.05, 0.1) is 22.0 Å². The van der Waals surface area contributed by atoms with E-state index in [0.29, 0.717) is 41.6 Å². The Balaban J connectivity index is 1.12. The van der Waals surface area contributed by atoms with Gasteiger partial charge in [-0.3, -0.25) is 19.3 Å². The second kappa shape index (κ2) is 9.38. The number of pyridine rings is 1. The number of anilines is 2. The zero-order chi connectivity index (χ0) is 26.6. The Morgan fingerprint density at radius 1 is 1.18 bits per heavy atom. The summed E-state index contributed by atoms with van der Waals surface area (Å²) in [5.74, 6) is 0.669. The van der Waals surface area contributed by atoms with Crippen molar-refractivity contribution in [2.45, 2.75) is 44.1 Å². The molecule has 1 N–H and O–H groups in total. The highest BCUT2D eigenvalue weighted by atomic mass is 35.5. The standard InChI is InChI=1S/C28H30ClFN6O2/c1-17-22(11-19(29)13-31-17)26(37)32-21-6-3-18(4-7-21)14-36-24-12-20(30)5-8-23(24)28(27(36)38)15-35(16-28)25-9-10-34(2)33-25/h5,8-13,18,21H,3-4,6-7,14-16H2,1-2H3,(H,32,37). The van der Waals surface area contributed by atoms with Crippen molar-refractivity contribution in [2.24, 2.45) is 13.0 Å². The second-order valence-electron chi connectivity index (χ2n) is 10.8. The third kappa shape index (κ3) is 4.22. The van der Waals surface area contributed by atoms with Gasteiger partial charge in [0.2, 0.25) is 5.91 Å². The molecule has 6 rings (SSSR count). The number of amides is 2. The van der Waals surface area contributed by atoms with Crippen LogP contribution in [0.1, 0.15) is 47.3 Å². The van der Waals surface area contributed by atoms with Crippen molar-refractivity contribution in [2.75, 3.05) is 29.4 Å². The van der Waals surface area contributed by atoms with Gasteiger partial charge >= 0.3 is 0 Å². The number of nitrogens with zero attached hydrogens (tertiary/aromatic N) is 5. The third-order valence-corrected chi connectivity index (χ3v) is 8.49.